The molecule has 1 heterocycles. The summed E-state index contributed by atoms with van der Waals surface area (Å²) < 4.78 is 12.3. The second-order valence-corrected chi connectivity index (χ2v) is 12.2. The van der Waals surface area contributed by atoms with Gasteiger partial charge in [-0.2, -0.15) is 0 Å². The Labute approximate surface area is 216 Å². The van der Waals surface area contributed by atoms with Crippen LogP contribution in [0.5, 0.6) is 0 Å². The van der Waals surface area contributed by atoms with E-state index in [1.165, 1.54) is 25.7 Å². The Balaban J connectivity index is 1.53. The van der Waals surface area contributed by atoms with Gasteiger partial charge in [-0.05, 0) is 68.8 Å². The largest absolute Gasteiger partial charge is 0.481 e. The molecular formula is C30H45NO5. The molecule has 0 radical (unpaired) electrons. The lowest BCUT2D eigenvalue weighted by molar-refractivity contribution is -0.149. The van der Waals surface area contributed by atoms with E-state index in [0.29, 0.717) is 24.2 Å². The van der Waals surface area contributed by atoms with Crippen molar-refractivity contribution >= 4 is 12.1 Å². The second-order valence-electron chi connectivity index (χ2n) is 12.2. The van der Waals surface area contributed by atoms with Gasteiger partial charge in [-0.25, -0.2) is 4.79 Å². The number of ether oxygens (including phenoxy) is 2. The van der Waals surface area contributed by atoms with Gasteiger partial charge in [-0.15, -0.1) is 0 Å². The average Bonchev–Trinajstić information content (AvgIpc) is 3.09. The van der Waals surface area contributed by atoms with Gasteiger partial charge in [0, 0.05) is 0 Å². The van der Waals surface area contributed by atoms with E-state index < -0.39 is 23.7 Å². The molecule has 1 aromatic rings. The molecule has 0 spiro atoms. The molecule has 1 aliphatic heterocycles. The molecule has 3 fully saturated rings. The van der Waals surface area contributed by atoms with E-state index in [4.69, 9.17) is 9.47 Å². The molecule has 36 heavy (non-hydrogen) atoms. The number of carbonyl (C=O) groups is 2. The average molecular weight is 500 g/mol. The molecule has 0 aromatic heterocycles. The number of hydrogen-bond donors (Lipinski definition) is 1. The highest BCUT2D eigenvalue weighted by molar-refractivity contribution is 5.71. The van der Waals surface area contributed by atoms with E-state index >= 15 is 0 Å². The molecule has 2 aliphatic carbocycles. The molecule has 200 valence electrons. The van der Waals surface area contributed by atoms with Gasteiger partial charge >= 0.3 is 12.1 Å². The monoisotopic (exact) mass is 499 g/mol. The van der Waals surface area contributed by atoms with Gasteiger partial charge in [0.15, 0.2) is 0 Å². The zero-order valence-corrected chi connectivity index (χ0v) is 22.5. The summed E-state index contributed by atoms with van der Waals surface area (Å²) in [7, 11) is 0. The summed E-state index contributed by atoms with van der Waals surface area (Å²) in [6, 6.07) is 9.46. The smallest absolute Gasteiger partial charge is 0.412 e. The summed E-state index contributed by atoms with van der Waals surface area (Å²) in [5.74, 6) is 0.578. The van der Waals surface area contributed by atoms with Crippen molar-refractivity contribution in [2.45, 2.75) is 110 Å². The van der Waals surface area contributed by atoms with Gasteiger partial charge in [0.05, 0.1) is 18.1 Å². The molecule has 1 aromatic carbocycles. The predicted octanol–water partition coefficient (Wildman–Crippen LogP) is 6.87. The fourth-order valence-corrected chi connectivity index (χ4v) is 7.36. The van der Waals surface area contributed by atoms with Crippen LogP contribution in [0.25, 0.3) is 0 Å². The maximum absolute atomic E-state index is 13.4. The Morgan fingerprint density at radius 2 is 1.75 bits per heavy atom. The molecule has 1 N–H and O–H groups in total. The SMILES string of the molecule is CC(C)C[C@H]1[C@H](CC(C(=O)O)C2CCCC3CCCCC32)OC(C)(C)N1C(=O)OCc1ccccc1. The molecule has 6 nitrogen and oxygen atoms in total. The molecule has 4 unspecified atom stereocenters. The molecule has 1 saturated heterocycles. The number of fused-ring (bicyclic) bond motifs is 1. The van der Waals surface area contributed by atoms with E-state index in [9.17, 15) is 14.7 Å². The Morgan fingerprint density at radius 3 is 2.44 bits per heavy atom. The minimum absolute atomic E-state index is 0.201. The van der Waals surface area contributed by atoms with Crippen LogP contribution >= 0.6 is 0 Å². The number of nitrogens with zero attached hydrogens (tertiary/aromatic N) is 1. The third kappa shape index (κ3) is 6.07. The minimum Gasteiger partial charge on any atom is -0.481 e. The number of rotatable bonds is 8. The van der Waals surface area contributed by atoms with Gasteiger partial charge in [0.25, 0.3) is 0 Å². The predicted molar refractivity (Wildman–Crippen MR) is 139 cm³/mol. The van der Waals surface area contributed by atoms with Gasteiger partial charge < -0.3 is 14.6 Å². The van der Waals surface area contributed by atoms with Crippen LogP contribution in [0, 0.1) is 29.6 Å². The van der Waals surface area contributed by atoms with Crippen LogP contribution in [0.3, 0.4) is 0 Å². The number of carbonyl (C=O) groups excluding carboxylic acids is 1. The van der Waals surface area contributed by atoms with Crippen LogP contribution in [-0.4, -0.2) is 39.9 Å². The number of carboxylic acid groups (broad SMARTS) is 1. The lowest BCUT2D eigenvalue weighted by Crippen LogP contribution is -2.49. The highest BCUT2D eigenvalue weighted by atomic mass is 16.6. The fraction of sp³-hybridized carbons (Fsp3) is 0.733. The van der Waals surface area contributed by atoms with E-state index in [2.05, 4.69) is 13.8 Å². The first-order chi connectivity index (χ1) is 17.2. The number of amides is 1. The van der Waals surface area contributed by atoms with Gasteiger partial charge in [0.1, 0.15) is 12.3 Å². The van der Waals surface area contributed by atoms with Crippen LogP contribution in [0.1, 0.15) is 91.0 Å². The van der Waals surface area contributed by atoms with Crippen molar-refractivity contribution in [2.24, 2.45) is 29.6 Å². The van der Waals surface area contributed by atoms with Crippen molar-refractivity contribution < 1.29 is 24.2 Å². The van der Waals surface area contributed by atoms with Crippen LogP contribution in [0.2, 0.25) is 0 Å². The van der Waals surface area contributed by atoms with Crippen LogP contribution in [0.4, 0.5) is 4.79 Å². The quantitative estimate of drug-likeness (QED) is 0.422. The highest BCUT2D eigenvalue weighted by Gasteiger charge is 2.52. The molecule has 6 atom stereocenters. The van der Waals surface area contributed by atoms with E-state index in [-0.39, 0.29) is 24.7 Å². The van der Waals surface area contributed by atoms with Gasteiger partial charge in [0.2, 0.25) is 0 Å². The lowest BCUT2D eigenvalue weighted by atomic mass is 9.61. The molecular weight excluding hydrogens is 454 g/mol. The fourth-order valence-electron chi connectivity index (χ4n) is 7.36. The molecule has 0 bridgehead atoms. The summed E-state index contributed by atoms with van der Waals surface area (Å²) >= 11 is 0. The first-order valence-electron chi connectivity index (χ1n) is 14.1. The Morgan fingerprint density at radius 1 is 1.06 bits per heavy atom. The van der Waals surface area contributed by atoms with Crippen molar-refractivity contribution in [3.05, 3.63) is 35.9 Å². The maximum Gasteiger partial charge on any atom is 0.412 e. The highest BCUT2D eigenvalue weighted by Crippen LogP contribution is 2.49. The number of hydrogen-bond acceptors (Lipinski definition) is 4. The van der Waals surface area contributed by atoms with E-state index in [0.717, 1.165) is 31.2 Å². The first-order valence-corrected chi connectivity index (χ1v) is 14.1. The van der Waals surface area contributed by atoms with Crippen molar-refractivity contribution in [3.63, 3.8) is 0 Å². The molecule has 6 heteroatoms. The third-order valence-electron chi connectivity index (χ3n) is 8.85. The zero-order valence-electron chi connectivity index (χ0n) is 22.5. The van der Waals surface area contributed by atoms with Gasteiger partial charge in [-0.3, -0.25) is 9.69 Å². The summed E-state index contributed by atoms with van der Waals surface area (Å²) in [5.41, 5.74) is 0.0760. The van der Waals surface area contributed by atoms with Crippen molar-refractivity contribution in [1.29, 1.82) is 0 Å². The molecule has 1 amide bonds. The lowest BCUT2D eigenvalue weighted by Gasteiger charge is -2.44. The molecule has 4 rings (SSSR count). The normalized spacial score (nSPS) is 30.6. The summed E-state index contributed by atoms with van der Waals surface area (Å²) in [4.78, 5) is 27.8. The molecule has 3 aliphatic rings. The Bertz CT molecular complexity index is 883. The van der Waals surface area contributed by atoms with Crippen molar-refractivity contribution in [2.75, 3.05) is 0 Å². The van der Waals surface area contributed by atoms with Crippen LogP contribution < -0.4 is 0 Å². The summed E-state index contributed by atoms with van der Waals surface area (Å²) in [6.07, 6.45) is 8.75. The van der Waals surface area contributed by atoms with Crippen molar-refractivity contribution in [1.82, 2.24) is 4.90 Å². The topological polar surface area (TPSA) is 76.1 Å². The number of benzene rings is 1. The van der Waals surface area contributed by atoms with Crippen molar-refractivity contribution in [3.8, 4) is 0 Å². The maximum atomic E-state index is 13.4. The summed E-state index contributed by atoms with van der Waals surface area (Å²) in [5, 5.41) is 10.4. The number of carboxylic acids is 1. The van der Waals surface area contributed by atoms with E-state index in [1.54, 1.807) is 4.90 Å². The summed E-state index contributed by atoms with van der Waals surface area (Å²) in [6.45, 7) is 8.28. The zero-order chi connectivity index (χ0) is 25.9. The first kappa shape index (κ1) is 27.0. The molecule has 2 saturated carbocycles. The third-order valence-corrected chi connectivity index (χ3v) is 8.85. The minimum atomic E-state index is -0.860. The van der Waals surface area contributed by atoms with Crippen LogP contribution in [-0.2, 0) is 20.9 Å². The standard InChI is InChI=1S/C30H45NO5/c1-20(2)17-26-27(18-25(28(32)33)24-16-10-14-22-13-8-9-15-23(22)24)36-30(3,4)31(26)29(34)35-19-21-11-6-5-7-12-21/h5-7,11-12,20,22-27H,8-10,13-19H2,1-4H3,(H,32,33)/t22?,23?,24?,25?,26-,27-/m0/s1. The van der Waals surface area contributed by atoms with E-state index in [1.807, 2.05) is 44.2 Å². The Hall–Kier alpha value is -2.08. The van der Waals surface area contributed by atoms with Crippen LogP contribution in [0.15, 0.2) is 30.3 Å². The second kappa shape index (κ2) is 11.5. The Kier molecular flexibility index (Phi) is 8.64. The van der Waals surface area contributed by atoms with Gasteiger partial charge in [-0.1, -0.05) is 76.3 Å². The number of aliphatic carboxylic acids is 1.